The standard InChI is InChI=1S/C44H56N4O4S/c49-25-19-47(20-26-50)41-11-7-35(8-12-41)31-37-3-1-5-39-33-45(17-15-43(37)39)23-29-53-30-24-46-18-16-44-38(4-2-6-40(44)34-46)32-36-9-13-42(14-10-36)48(21-27-51)22-28-52/h7-18,31-34,49-52H,1-6,19-30H2/q+2. The zero-order chi connectivity index (χ0) is 36.8. The van der Waals surface area contributed by atoms with Crippen LogP contribution in [0.25, 0.3) is 23.3 Å². The normalized spacial score (nSPS) is 15.4. The Kier molecular flexibility index (Phi) is 14.5. The van der Waals surface area contributed by atoms with Crippen molar-refractivity contribution >= 4 is 46.4 Å². The van der Waals surface area contributed by atoms with Crippen molar-refractivity contribution < 1.29 is 29.6 Å². The molecule has 2 aromatic heterocycles. The number of fused-ring (bicyclic) bond motifs is 2. The van der Waals surface area contributed by atoms with Crippen LogP contribution in [0, 0.1) is 0 Å². The average Bonchev–Trinajstić information content (AvgIpc) is 3.18. The topological polar surface area (TPSA) is 95.2 Å². The van der Waals surface area contributed by atoms with Crippen molar-refractivity contribution in [3.63, 3.8) is 0 Å². The molecule has 2 heterocycles. The molecule has 2 aromatic carbocycles. The Labute approximate surface area is 319 Å². The van der Waals surface area contributed by atoms with E-state index in [1.807, 2.05) is 21.6 Å². The first kappa shape index (κ1) is 38.7. The van der Waals surface area contributed by atoms with E-state index >= 15 is 0 Å². The van der Waals surface area contributed by atoms with Crippen LogP contribution in [-0.4, -0.2) is 84.5 Å². The summed E-state index contributed by atoms with van der Waals surface area (Å²) in [6, 6.07) is 21.5. The summed E-state index contributed by atoms with van der Waals surface area (Å²) in [5.41, 5.74) is 12.8. The summed E-state index contributed by atoms with van der Waals surface area (Å²) < 4.78 is 4.71. The number of nitrogens with zero attached hydrogens (tertiary/aromatic N) is 4. The summed E-state index contributed by atoms with van der Waals surface area (Å²) in [6.45, 7) is 4.32. The van der Waals surface area contributed by atoms with Crippen LogP contribution in [0.4, 0.5) is 11.4 Å². The van der Waals surface area contributed by atoms with E-state index in [1.165, 1.54) is 44.5 Å². The lowest BCUT2D eigenvalue weighted by atomic mass is 9.87. The Balaban J connectivity index is 0.996. The molecule has 0 saturated carbocycles. The molecule has 0 atom stereocenters. The number of hydrogen-bond donors (Lipinski definition) is 4. The van der Waals surface area contributed by atoms with E-state index < -0.39 is 0 Å². The predicted molar refractivity (Wildman–Crippen MR) is 218 cm³/mol. The van der Waals surface area contributed by atoms with Crippen molar-refractivity contribution in [1.82, 2.24) is 0 Å². The summed E-state index contributed by atoms with van der Waals surface area (Å²) in [7, 11) is 0. The lowest BCUT2D eigenvalue weighted by Crippen LogP contribution is -2.37. The lowest BCUT2D eigenvalue weighted by Gasteiger charge is -2.23. The van der Waals surface area contributed by atoms with Gasteiger partial charge in [0, 0.05) is 60.8 Å². The zero-order valence-corrected chi connectivity index (χ0v) is 31.8. The lowest BCUT2D eigenvalue weighted by molar-refractivity contribution is -0.693. The van der Waals surface area contributed by atoms with Crippen molar-refractivity contribution in [2.24, 2.45) is 0 Å². The number of benzene rings is 2. The molecule has 4 N–H and O–H groups in total. The minimum absolute atomic E-state index is 0.0650. The van der Waals surface area contributed by atoms with Gasteiger partial charge in [-0.1, -0.05) is 36.4 Å². The van der Waals surface area contributed by atoms with Crippen LogP contribution in [0.2, 0.25) is 0 Å². The van der Waals surface area contributed by atoms with E-state index in [9.17, 15) is 20.4 Å². The molecule has 0 amide bonds. The van der Waals surface area contributed by atoms with Crippen molar-refractivity contribution in [2.75, 3.05) is 73.9 Å². The van der Waals surface area contributed by atoms with Crippen LogP contribution in [0.1, 0.15) is 59.1 Å². The van der Waals surface area contributed by atoms with E-state index in [0.717, 1.165) is 74.5 Å². The molecule has 2 aliphatic rings. The number of aryl methyl sites for hydroxylation is 4. The van der Waals surface area contributed by atoms with Gasteiger partial charge in [0.15, 0.2) is 37.9 Å². The molecule has 0 fully saturated rings. The Morgan fingerprint density at radius 3 is 1.30 bits per heavy atom. The maximum absolute atomic E-state index is 9.38. The Morgan fingerprint density at radius 1 is 0.528 bits per heavy atom. The number of thioether (sulfide) groups is 1. The number of aliphatic hydroxyl groups excluding tert-OH is 4. The number of allylic oxidation sites excluding steroid dienone is 2. The molecule has 0 saturated heterocycles. The second kappa shape index (κ2) is 19.9. The molecule has 0 unspecified atom stereocenters. The number of aromatic nitrogens is 2. The molecule has 53 heavy (non-hydrogen) atoms. The molecule has 6 rings (SSSR count). The summed E-state index contributed by atoms with van der Waals surface area (Å²) >= 11 is 2.01. The minimum Gasteiger partial charge on any atom is -0.395 e. The number of anilines is 2. The molecule has 0 aliphatic heterocycles. The van der Waals surface area contributed by atoms with Gasteiger partial charge in [-0.25, -0.2) is 9.13 Å². The van der Waals surface area contributed by atoms with Crippen molar-refractivity contribution in [2.45, 2.75) is 51.6 Å². The smallest absolute Gasteiger partial charge is 0.172 e. The molecule has 0 spiro atoms. The van der Waals surface area contributed by atoms with Crippen molar-refractivity contribution in [1.29, 1.82) is 0 Å². The fourth-order valence-electron chi connectivity index (χ4n) is 7.62. The highest BCUT2D eigenvalue weighted by molar-refractivity contribution is 7.99. The molecule has 280 valence electrons. The first-order valence-electron chi connectivity index (χ1n) is 19.3. The number of pyridine rings is 2. The van der Waals surface area contributed by atoms with Gasteiger partial charge in [-0.05, 0) is 96.2 Å². The Hall–Kier alpha value is -3.99. The SMILES string of the molecule is OCCN(CCO)c1ccc(C=C2CCCc3c[n+](CCSCC[n+]4ccc5c(c4)CCCC5=Cc4ccc(N(CCO)CCO)cc4)ccc32)cc1. The maximum atomic E-state index is 9.38. The van der Waals surface area contributed by atoms with Gasteiger partial charge < -0.3 is 30.2 Å². The third-order valence-corrected chi connectivity index (χ3v) is 11.3. The van der Waals surface area contributed by atoms with Crippen molar-refractivity contribution in [3.05, 3.63) is 119 Å². The quantitative estimate of drug-likeness (QED) is 0.0842. The van der Waals surface area contributed by atoms with E-state index in [4.69, 9.17) is 0 Å². The van der Waals surface area contributed by atoms with E-state index in [0.29, 0.717) is 26.2 Å². The summed E-state index contributed by atoms with van der Waals surface area (Å²) in [4.78, 5) is 4.01. The molecule has 0 bridgehead atoms. The van der Waals surface area contributed by atoms with Crippen molar-refractivity contribution in [3.8, 4) is 0 Å². The van der Waals surface area contributed by atoms with Gasteiger partial charge in [-0.3, -0.25) is 0 Å². The maximum Gasteiger partial charge on any atom is 0.172 e. The van der Waals surface area contributed by atoms with Gasteiger partial charge >= 0.3 is 0 Å². The molecule has 2 aliphatic carbocycles. The molecule has 8 nitrogen and oxygen atoms in total. The van der Waals surface area contributed by atoms with Gasteiger partial charge in [0.2, 0.25) is 0 Å². The van der Waals surface area contributed by atoms with Crippen LogP contribution >= 0.6 is 11.8 Å². The second-order valence-electron chi connectivity index (χ2n) is 14.0. The number of hydrogen-bond acceptors (Lipinski definition) is 7. The third-order valence-electron chi connectivity index (χ3n) is 10.3. The fraction of sp³-hybridized carbons (Fsp3) is 0.409. The molecule has 9 heteroatoms. The predicted octanol–water partition coefficient (Wildman–Crippen LogP) is 5.03. The molecule has 4 aromatic rings. The number of rotatable bonds is 18. The zero-order valence-electron chi connectivity index (χ0n) is 31.0. The fourth-order valence-corrected chi connectivity index (χ4v) is 8.50. The highest BCUT2D eigenvalue weighted by Gasteiger charge is 2.20. The monoisotopic (exact) mass is 736 g/mol. The van der Waals surface area contributed by atoms with E-state index in [2.05, 4.69) is 107 Å². The highest BCUT2D eigenvalue weighted by atomic mass is 32.2. The van der Waals surface area contributed by atoms with Gasteiger partial charge in [0.1, 0.15) is 0 Å². The van der Waals surface area contributed by atoms with Crippen LogP contribution < -0.4 is 18.9 Å². The highest BCUT2D eigenvalue weighted by Crippen LogP contribution is 2.33. The first-order chi connectivity index (χ1) is 26.1. The molecular formula is C44H56N4O4S+2. The van der Waals surface area contributed by atoms with E-state index in [-0.39, 0.29) is 26.4 Å². The van der Waals surface area contributed by atoms with Crippen LogP contribution in [0.3, 0.4) is 0 Å². The molecular weight excluding hydrogens is 681 g/mol. The van der Waals surface area contributed by atoms with Crippen LogP contribution in [0.15, 0.2) is 85.5 Å². The van der Waals surface area contributed by atoms with Gasteiger partial charge in [-0.15, -0.1) is 11.8 Å². The molecule has 0 radical (unpaired) electrons. The van der Waals surface area contributed by atoms with Crippen LogP contribution in [-0.2, 0) is 25.9 Å². The minimum atomic E-state index is 0.0650. The average molecular weight is 737 g/mol. The van der Waals surface area contributed by atoms with Gasteiger partial charge in [-0.2, -0.15) is 0 Å². The first-order valence-corrected chi connectivity index (χ1v) is 20.4. The van der Waals surface area contributed by atoms with Gasteiger partial charge in [0.25, 0.3) is 0 Å². The summed E-state index contributed by atoms with van der Waals surface area (Å²) in [6.07, 6.45) is 20.5. The third kappa shape index (κ3) is 10.6. The summed E-state index contributed by atoms with van der Waals surface area (Å²) in [5, 5.41) is 37.5. The van der Waals surface area contributed by atoms with Crippen LogP contribution in [0.5, 0.6) is 0 Å². The Morgan fingerprint density at radius 2 is 0.925 bits per heavy atom. The Bertz CT molecular complexity index is 1680. The largest absolute Gasteiger partial charge is 0.395 e. The van der Waals surface area contributed by atoms with E-state index in [1.54, 1.807) is 0 Å². The number of aliphatic hydroxyl groups is 4. The van der Waals surface area contributed by atoms with Gasteiger partial charge in [0.05, 0.1) is 37.9 Å². The summed E-state index contributed by atoms with van der Waals surface area (Å²) in [5.74, 6) is 2.16. The second-order valence-corrected chi connectivity index (χ2v) is 15.2.